The van der Waals surface area contributed by atoms with E-state index in [4.69, 9.17) is 0 Å². The van der Waals surface area contributed by atoms with E-state index in [0.29, 0.717) is 23.5 Å². The van der Waals surface area contributed by atoms with Gasteiger partial charge in [0.2, 0.25) is 0 Å². The molecule has 8 heteroatoms. The van der Waals surface area contributed by atoms with Gasteiger partial charge in [-0.25, -0.2) is 13.8 Å². The summed E-state index contributed by atoms with van der Waals surface area (Å²) in [5.41, 5.74) is -0.175. The Bertz CT molecular complexity index is 562. The molecule has 0 aliphatic rings. The molecule has 19 heavy (non-hydrogen) atoms. The minimum atomic E-state index is -0.875. The van der Waals surface area contributed by atoms with E-state index < -0.39 is 17.5 Å². The van der Waals surface area contributed by atoms with Gasteiger partial charge in [0.1, 0.15) is 18.0 Å². The van der Waals surface area contributed by atoms with Crippen molar-refractivity contribution < 1.29 is 13.6 Å². The van der Waals surface area contributed by atoms with Gasteiger partial charge < -0.3 is 5.32 Å². The van der Waals surface area contributed by atoms with Crippen LogP contribution in [0.5, 0.6) is 0 Å². The van der Waals surface area contributed by atoms with Crippen molar-refractivity contribution in [2.45, 2.75) is 5.16 Å². The lowest BCUT2D eigenvalue weighted by molar-refractivity contribution is 0.0952. The third-order valence-electron chi connectivity index (χ3n) is 2.20. The summed E-state index contributed by atoms with van der Waals surface area (Å²) in [5.74, 6) is -1.60. The van der Waals surface area contributed by atoms with E-state index in [0.717, 1.165) is 12.1 Å². The fraction of sp³-hybridized carbons (Fsp3) is 0.182. The van der Waals surface area contributed by atoms with Crippen LogP contribution in [0.2, 0.25) is 0 Å². The van der Waals surface area contributed by atoms with Crippen LogP contribution in [0.15, 0.2) is 29.7 Å². The number of H-pyrrole nitrogens is 1. The molecule has 2 N–H and O–H groups in total. The first kappa shape index (κ1) is 13.5. The number of thioether (sulfide) groups is 1. The zero-order valence-electron chi connectivity index (χ0n) is 9.69. The summed E-state index contributed by atoms with van der Waals surface area (Å²) in [6.45, 7) is 0.334. The van der Waals surface area contributed by atoms with Gasteiger partial charge in [0.05, 0.1) is 5.56 Å². The van der Waals surface area contributed by atoms with Crippen LogP contribution in [0.3, 0.4) is 0 Å². The van der Waals surface area contributed by atoms with Crippen molar-refractivity contribution in [3.05, 3.63) is 41.7 Å². The van der Waals surface area contributed by atoms with Crippen LogP contribution in [0.4, 0.5) is 8.78 Å². The SMILES string of the molecule is O=C(NCCSc1ncn[nH]1)c1ccc(F)cc1F. The molecule has 0 aliphatic carbocycles. The number of nitrogens with zero attached hydrogens (tertiary/aromatic N) is 2. The molecule has 2 aromatic rings. The minimum Gasteiger partial charge on any atom is -0.351 e. The van der Waals surface area contributed by atoms with E-state index in [1.165, 1.54) is 18.1 Å². The number of aromatic nitrogens is 3. The highest BCUT2D eigenvalue weighted by Gasteiger charge is 2.11. The Morgan fingerprint density at radius 1 is 1.42 bits per heavy atom. The maximum Gasteiger partial charge on any atom is 0.254 e. The van der Waals surface area contributed by atoms with Crippen LogP contribution >= 0.6 is 11.8 Å². The number of amides is 1. The third kappa shape index (κ3) is 3.75. The molecule has 5 nitrogen and oxygen atoms in total. The van der Waals surface area contributed by atoms with Crippen LogP contribution in [0.1, 0.15) is 10.4 Å². The Kier molecular flexibility index (Phi) is 4.45. The van der Waals surface area contributed by atoms with Gasteiger partial charge in [-0.15, -0.1) is 0 Å². The zero-order valence-corrected chi connectivity index (χ0v) is 10.5. The lowest BCUT2D eigenvalue weighted by Crippen LogP contribution is -2.26. The molecule has 0 saturated carbocycles. The van der Waals surface area contributed by atoms with Crippen LogP contribution in [0.25, 0.3) is 0 Å². The molecule has 0 atom stereocenters. The molecule has 1 aromatic heterocycles. The summed E-state index contributed by atoms with van der Waals surface area (Å²) < 4.78 is 26.0. The van der Waals surface area contributed by atoms with E-state index in [-0.39, 0.29) is 5.56 Å². The maximum absolute atomic E-state index is 13.3. The van der Waals surface area contributed by atoms with Gasteiger partial charge in [-0.05, 0) is 12.1 Å². The van der Waals surface area contributed by atoms with Gasteiger partial charge in [-0.2, -0.15) is 5.10 Å². The fourth-order valence-corrected chi connectivity index (χ4v) is 1.98. The highest BCUT2D eigenvalue weighted by molar-refractivity contribution is 7.99. The van der Waals surface area contributed by atoms with Crippen molar-refractivity contribution in [1.29, 1.82) is 0 Å². The van der Waals surface area contributed by atoms with Crippen molar-refractivity contribution in [1.82, 2.24) is 20.5 Å². The Morgan fingerprint density at radius 3 is 2.95 bits per heavy atom. The van der Waals surface area contributed by atoms with E-state index in [1.807, 2.05) is 0 Å². The second kappa shape index (κ2) is 6.28. The van der Waals surface area contributed by atoms with Crippen molar-refractivity contribution >= 4 is 17.7 Å². The Labute approximate surface area is 111 Å². The molecule has 0 spiro atoms. The Morgan fingerprint density at radius 2 is 2.26 bits per heavy atom. The number of hydrogen-bond acceptors (Lipinski definition) is 4. The minimum absolute atomic E-state index is 0.175. The quantitative estimate of drug-likeness (QED) is 0.646. The molecule has 0 bridgehead atoms. The average Bonchev–Trinajstić information content (AvgIpc) is 2.87. The maximum atomic E-state index is 13.3. The van der Waals surface area contributed by atoms with Crippen molar-refractivity contribution in [3.8, 4) is 0 Å². The standard InChI is InChI=1S/C11H10F2N4OS/c12-7-1-2-8(9(13)5-7)10(18)14-3-4-19-11-15-6-16-17-11/h1-2,5-6H,3-4H2,(H,14,18)(H,15,16,17). The zero-order chi connectivity index (χ0) is 13.7. The first-order valence-electron chi connectivity index (χ1n) is 5.38. The molecule has 0 radical (unpaired) electrons. The normalized spacial score (nSPS) is 10.4. The Balaban J connectivity index is 1.81. The van der Waals surface area contributed by atoms with E-state index in [2.05, 4.69) is 20.5 Å². The number of nitrogens with one attached hydrogen (secondary N) is 2. The second-order valence-corrected chi connectivity index (χ2v) is 4.60. The third-order valence-corrected chi connectivity index (χ3v) is 3.07. The number of carbonyl (C=O) groups is 1. The fourth-order valence-electron chi connectivity index (χ4n) is 1.34. The second-order valence-electron chi connectivity index (χ2n) is 3.52. The largest absolute Gasteiger partial charge is 0.351 e. The summed E-state index contributed by atoms with van der Waals surface area (Å²) in [6.07, 6.45) is 1.38. The highest BCUT2D eigenvalue weighted by atomic mass is 32.2. The number of halogens is 2. The van der Waals surface area contributed by atoms with E-state index >= 15 is 0 Å². The Hall–Kier alpha value is -1.96. The molecule has 1 aromatic carbocycles. The predicted molar refractivity (Wildman–Crippen MR) is 65.8 cm³/mol. The number of rotatable bonds is 5. The molecular formula is C11H10F2N4OS. The number of carbonyl (C=O) groups excluding carboxylic acids is 1. The monoisotopic (exact) mass is 284 g/mol. The summed E-state index contributed by atoms with van der Waals surface area (Å²) in [4.78, 5) is 15.5. The topological polar surface area (TPSA) is 70.7 Å². The predicted octanol–water partition coefficient (Wildman–Crippen LogP) is 1.60. The summed E-state index contributed by atoms with van der Waals surface area (Å²) in [6, 6.07) is 2.84. The molecule has 2 rings (SSSR count). The van der Waals surface area contributed by atoms with Gasteiger partial charge in [-0.1, -0.05) is 11.8 Å². The van der Waals surface area contributed by atoms with Gasteiger partial charge in [-0.3, -0.25) is 9.89 Å². The van der Waals surface area contributed by atoms with Crippen LogP contribution in [0, 0.1) is 11.6 Å². The number of aromatic amines is 1. The summed E-state index contributed by atoms with van der Waals surface area (Å²) in [5, 5.41) is 9.51. The molecule has 0 fully saturated rings. The van der Waals surface area contributed by atoms with E-state index in [1.54, 1.807) is 0 Å². The smallest absolute Gasteiger partial charge is 0.254 e. The number of benzene rings is 1. The molecule has 0 saturated heterocycles. The van der Waals surface area contributed by atoms with Crippen molar-refractivity contribution in [2.24, 2.45) is 0 Å². The van der Waals surface area contributed by atoms with Crippen molar-refractivity contribution in [2.75, 3.05) is 12.3 Å². The lowest BCUT2D eigenvalue weighted by Gasteiger charge is -2.05. The first-order valence-corrected chi connectivity index (χ1v) is 6.37. The molecule has 0 aliphatic heterocycles. The molecule has 100 valence electrons. The highest BCUT2D eigenvalue weighted by Crippen LogP contribution is 2.11. The van der Waals surface area contributed by atoms with E-state index in [9.17, 15) is 13.6 Å². The van der Waals surface area contributed by atoms with Crippen LogP contribution in [-0.2, 0) is 0 Å². The number of hydrogen-bond donors (Lipinski definition) is 2. The van der Waals surface area contributed by atoms with Crippen LogP contribution < -0.4 is 5.32 Å². The molecule has 1 amide bonds. The van der Waals surface area contributed by atoms with Gasteiger partial charge >= 0.3 is 0 Å². The lowest BCUT2D eigenvalue weighted by atomic mass is 10.2. The summed E-state index contributed by atoms with van der Waals surface area (Å²) >= 11 is 1.37. The van der Waals surface area contributed by atoms with Gasteiger partial charge in [0.15, 0.2) is 5.16 Å². The first-order chi connectivity index (χ1) is 9.16. The van der Waals surface area contributed by atoms with Gasteiger partial charge in [0, 0.05) is 18.4 Å². The summed E-state index contributed by atoms with van der Waals surface area (Å²) in [7, 11) is 0. The molecule has 1 heterocycles. The average molecular weight is 284 g/mol. The van der Waals surface area contributed by atoms with Gasteiger partial charge in [0.25, 0.3) is 5.91 Å². The van der Waals surface area contributed by atoms with Crippen molar-refractivity contribution in [3.63, 3.8) is 0 Å². The molecular weight excluding hydrogens is 274 g/mol. The van der Waals surface area contributed by atoms with Crippen LogP contribution in [-0.4, -0.2) is 33.4 Å². The molecule has 0 unspecified atom stereocenters.